The molecule has 1 amide bonds. The molecule has 0 saturated carbocycles. The van der Waals surface area contributed by atoms with Gasteiger partial charge in [0.2, 0.25) is 5.88 Å². The highest BCUT2D eigenvalue weighted by Gasteiger charge is 2.24. The number of hydrogen-bond donors (Lipinski definition) is 2. The number of aliphatic hydroxyl groups excluding tert-OH is 1. The molecule has 0 atom stereocenters. The van der Waals surface area contributed by atoms with Crippen LogP contribution < -0.4 is 9.46 Å². The maximum Gasteiger partial charge on any atom is 0.281 e. The first-order valence-corrected chi connectivity index (χ1v) is 13.0. The van der Waals surface area contributed by atoms with Gasteiger partial charge in [-0.25, -0.2) is 14.7 Å². The third-order valence-electron chi connectivity index (χ3n) is 5.71. The van der Waals surface area contributed by atoms with Crippen LogP contribution in [0, 0.1) is 27.7 Å². The van der Waals surface area contributed by atoms with Gasteiger partial charge in [-0.3, -0.25) is 4.79 Å². The van der Waals surface area contributed by atoms with Gasteiger partial charge >= 0.3 is 0 Å². The number of pyridine rings is 2. The predicted octanol–water partition coefficient (Wildman–Crippen LogP) is 4.78. The Kier molecular flexibility index (Phi) is 7.37. The zero-order valence-corrected chi connectivity index (χ0v) is 21.8. The number of sulfonamides is 1. The van der Waals surface area contributed by atoms with Crippen molar-refractivity contribution in [1.29, 1.82) is 0 Å². The molecule has 0 radical (unpaired) electrons. The molecular weight excluding hydrogens is 490 g/mol. The van der Waals surface area contributed by atoms with Gasteiger partial charge in [-0.2, -0.15) is 8.42 Å². The molecule has 8 nitrogen and oxygen atoms in total. The van der Waals surface area contributed by atoms with Crippen molar-refractivity contribution in [3.05, 3.63) is 100 Å². The van der Waals surface area contributed by atoms with Gasteiger partial charge in [0.05, 0.1) is 12.3 Å². The summed E-state index contributed by atoms with van der Waals surface area (Å²) in [7, 11) is -4.23. The number of ether oxygens (including phenoxy) is 1. The molecule has 4 aromatic rings. The summed E-state index contributed by atoms with van der Waals surface area (Å²) >= 11 is 0. The minimum absolute atomic E-state index is 0.0383. The molecule has 0 aliphatic heterocycles. The average molecular weight is 518 g/mol. The van der Waals surface area contributed by atoms with Crippen LogP contribution in [0.5, 0.6) is 11.6 Å². The number of aryl methyl sites for hydroxylation is 4. The van der Waals surface area contributed by atoms with Gasteiger partial charge in [0, 0.05) is 11.3 Å². The third-order valence-corrected chi connectivity index (χ3v) is 6.94. The summed E-state index contributed by atoms with van der Waals surface area (Å²) in [6, 6.07) is 18.7. The van der Waals surface area contributed by atoms with E-state index in [0.717, 1.165) is 27.8 Å². The van der Waals surface area contributed by atoms with Gasteiger partial charge < -0.3 is 9.84 Å². The second-order valence-electron chi connectivity index (χ2n) is 8.79. The molecule has 2 aromatic heterocycles. The van der Waals surface area contributed by atoms with Gasteiger partial charge in [-0.05, 0) is 68.7 Å². The summed E-state index contributed by atoms with van der Waals surface area (Å²) in [4.78, 5) is 21.8. The lowest BCUT2D eigenvalue weighted by Crippen LogP contribution is -2.31. The van der Waals surface area contributed by atoms with Crippen molar-refractivity contribution in [3.63, 3.8) is 0 Å². The highest BCUT2D eigenvalue weighted by Crippen LogP contribution is 2.32. The number of carbonyl (C=O) groups is 1. The highest BCUT2D eigenvalue weighted by molar-refractivity contribution is 7.90. The van der Waals surface area contributed by atoms with Gasteiger partial charge in [-0.1, -0.05) is 48.0 Å². The van der Waals surface area contributed by atoms with Crippen LogP contribution >= 0.6 is 0 Å². The first-order valence-electron chi connectivity index (χ1n) is 11.5. The number of rotatable bonds is 7. The second kappa shape index (κ2) is 10.5. The Bertz CT molecular complexity index is 1560. The van der Waals surface area contributed by atoms with Crippen molar-refractivity contribution in [1.82, 2.24) is 14.7 Å². The van der Waals surface area contributed by atoms with Crippen molar-refractivity contribution >= 4 is 15.9 Å². The fraction of sp³-hybridized carbons (Fsp3) is 0.179. The van der Waals surface area contributed by atoms with E-state index in [9.17, 15) is 18.3 Å². The van der Waals surface area contributed by atoms with E-state index in [2.05, 4.69) is 14.7 Å². The number of aliphatic hydroxyl groups is 1. The average Bonchev–Trinajstić information content (AvgIpc) is 2.86. The molecule has 0 fully saturated rings. The standard InChI is InChI=1S/C28H27N3O5S/c1-17-14-18(2)26(19(3)15-17)36-28-23(12-13-24(30-28)22-10-8-21(16-32)9-11-22)27(33)31-37(34,35)25-7-5-6-20(4)29-25/h5-15,32H,16H2,1-4H3,(H,31,33). The van der Waals surface area contributed by atoms with E-state index in [0.29, 0.717) is 17.1 Å². The van der Waals surface area contributed by atoms with E-state index in [1.165, 1.54) is 12.1 Å². The number of nitrogens with zero attached hydrogens (tertiary/aromatic N) is 2. The molecule has 2 aromatic carbocycles. The van der Waals surface area contributed by atoms with Crippen molar-refractivity contribution in [2.24, 2.45) is 0 Å². The Labute approximate surface area is 216 Å². The molecule has 37 heavy (non-hydrogen) atoms. The normalized spacial score (nSPS) is 11.3. The zero-order valence-electron chi connectivity index (χ0n) is 20.9. The number of benzene rings is 2. The Morgan fingerprint density at radius 2 is 1.59 bits per heavy atom. The maximum absolute atomic E-state index is 13.2. The first-order chi connectivity index (χ1) is 17.6. The summed E-state index contributed by atoms with van der Waals surface area (Å²) in [6.07, 6.45) is 0. The van der Waals surface area contributed by atoms with Crippen molar-refractivity contribution in [3.8, 4) is 22.9 Å². The minimum atomic E-state index is -4.23. The summed E-state index contributed by atoms with van der Waals surface area (Å²) in [6.45, 7) is 7.33. The monoisotopic (exact) mass is 517 g/mol. The smallest absolute Gasteiger partial charge is 0.281 e. The largest absolute Gasteiger partial charge is 0.438 e. The van der Waals surface area contributed by atoms with Crippen LogP contribution in [0.2, 0.25) is 0 Å². The molecule has 0 unspecified atom stereocenters. The van der Waals surface area contributed by atoms with Crippen LogP contribution in [0.3, 0.4) is 0 Å². The van der Waals surface area contributed by atoms with Crippen LogP contribution in [0.4, 0.5) is 0 Å². The number of aromatic nitrogens is 2. The lowest BCUT2D eigenvalue weighted by Gasteiger charge is -2.16. The molecule has 190 valence electrons. The summed E-state index contributed by atoms with van der Waals surface area (Å²) in [5.74, 6) is -0.401. The molecule has 0 saturated heterocycles. The van der Waals surface area contributed by atoms with Crippen molar-refractivity contribution in [2.45, 2.75) is 39.3 Å². The second-order valence-corrected chi connectivity index (χ2v) is 10.4. The van der Waals surface area contributed by atoms with Gasteiger partial charge in [-0.15, -0.1) is 0 Å². The predicted molar refractivity (Wildman–Crippen MR) is 140 cm³/mol. The van der Waals surface area contributed by atoms with Gasteiger partial charge in [0.15, 0.2) is 5.03 Å². The van der Waals surface area contributed by atoms with Crippen LogP contribution in [-0.2, 0) is 16.6 Å². The number of hydrogen-bond acceptors (Lipinski definition) is 7. The van der Waals surface area contributed by atoms with Crippen LogP contribution in [0.15, 0.2) is 71.8 Å². The molecular formula is C28H27N3O5S. The number of amides is 1. The van der Waals surface area contributed by atoms with E-state index >= 15 is 0 Å². The minimum Gasteiger partial charge on any atom is -0.438 e. The molecule has 9 heteroatoms. The first kappa shape index (κ1) is 26.0. The Balaban J connectivity index is 1.77. The lowest BCUT2D eigenvalue weighted by atomic mass is 10.1. The fourth-order valence-corrected chi connectivity index (χ4v) is 4.93. The lowest BCUT2D eigenvalue weighted by molar-refractivity contribution is 0.0978. The van der Waals surface area contributed by atoms with E-state index in [-0.39, 0.29) is 23.1 Å². The molecule has 2 N–H and O–H groups in total. The Morgan fingerprint density at radius 1 is 0.919 bits per heavy atom. The van der Waals surface area contributed by atoms with Crippen LogP contribution in [0.1, 0.15) is 38.3 Å². The topological polar surface area (TPSA) is 118 Å². The Morgan fingerprint density at radius 3 is 2.22 bits per heavy atom. The van der Waals surface area contributed by atoms with E-state index in [1.807, 2.05) is 32.9 Å². The van der Waals surface area contributed by atoms with E-state index in [4.69, 9.17) is 4.74 Å². The molecule has 0 aliphatic rings. The van der Waals surface area contributed by atoms with Gasteiger partial charge in [0.25, 0.3) is 15.9 Å². The number of carbonyl (C=O) groups excluding carboxylic acids is 1. The van der Waals surface area contributed by atoms with Crippen LogP contribution in [-0.4, -0.2) is 29.4 Å². The van der Waals surface area contributed by atoms with E-state index in [1.54, 1.807) is 49.4 Å². The highest BCUT2D eigenvalue weighted by atomic mass is 32.2. The summed E-state index contributed by atoms with van der Waals surface area (Å²) in [5, 5.41) is 9.07. The molecule has 0 bridgehead atoms. The molecule has 2 heterocycles. The molecule has 4 rings (SSSR count). The Hall–Kier alpha value is -4.08. The van der Waals surface area contributed by atoms with Crippen molar-refractivity contribution in [2.75, 3.05) is 0 Å². The van der Waals surface area contributed by atoms with Gasteiger partial charge in [0.1, 0.15) is 11.3 Å². The number of nitrogens with one attached hydrogen (secondary N) is 1. The quantitative estimate of drug-likeness (QED) is 0.362. The molecule has 0 spiro atoms. The van der Waals surface area contributed by atoms with Crippen molar-refractivity contribution < 1.29 is 23.1 Å². The SMILES string of the molecule is Cc1cc(C)c(Oc2nc(-c3ccc(CO)cc3)ccc2C(=O)NS(=O)(=O)c2cccc(C)n2)c(C)c1. The van der Waals surface area contributed by atoms with Crippen LogP contribution in [0.25, 0.3) is 11.3 Å². The third kappa shape index (κ3) is 5.84. The van der Waals surface area contributed by atoms with E-state index < -0.39 is 15.9 Å². The molecule has 0 aliphatic carbocycles. The zero-order chi connectivity index (χ0) is 26.7. The maximum atomic E-state index is 13.2. The summed E-state index contributed by atoms with van der Waals surface area (Å²) < 4.78 is 34.0. The summed E-state index contributed by atoms with van der Waals surface area (Å²) in [5.41, 5.74) is 5.21. The fourth-order valence-electron chi connectivity index (χ4n) is 3.95.